The van der Waals surface area contributed by atoms with E-state index >= 15 is 0 Å². The van der Waals surface area contributed by atoms with Crippen LogP contribution in [0.3, 0.4) is 0 Å². The quantitative estimate of drug-likeness (QED) is 0.103. The van der Waals surface area contributed by atoms with Crippen molar-refractivity contribution in [3.05, 3.63) is 259 Å². The van der Waals surface area contributed by atoms with Gasteiger partial charge in [0, 0.05) is 42.8 Å². The third-order valence-electron chi connectivity index (χ3n) is 15.0. The van der Waals surface area contributed by atoms with Gasteiger partial charge in [0.15, 0.2) is 17.3 Å². The number of allylic oxidation sites excluding steroid dienone is 8. The summed E-state index contributed by atoms with van der Waals surface area (Å²) in [5.41, 5.74) is 20.6. The van der Waals surface area contributed by atoms with Gasteiger partial charge in [0.2, 0.25) is 15.6 Å². The Morgan fingerprint density at radius 2 is 1.08 bits per heavy atom. The first-order chi connectivity index (χ1) is 42.4. The molecule has 0 unspecified atom stereocenters. The number of ketones is 3. The van der Waals surface area contributed by atoms with Crippen LogP contribution >= 0.6 is 0 Å². The van der Waals surface area contributed by atoms with Crippen molar-refractivity contribution in [2.75, 3.05) is 0 Å². The van der Waals surface area contributed by atoms with Crippen LogP contribution in [0.4, 0.5) is 0 Å². The zero-order valence-corrected chi connectivity index (χ0v) is 58.4. The fourth-order valence-corrected chi connectivity index (χ4v) is 9.54. The molecule has 0 saturated carbocycles. The Hall–Kier alpha value is -8.06. The summed E-state index contributed by atoms with van der Waals surface area (Å²) < 4.78 is 22.0. The molecule has 1 heterocycles. The number of benzene rings is 5. The fourth-order valence-electron chi connectivity index (χ4n) is 8.98. The van der Waals surface area contributed by atoms with Gasteiger partial charge in [-0.25, -0.2) is 18.4 Å². The number of rotatable bonds is 10. The number of sulfonamides is 1. The van der Waals surface area contributed by atoms with Crippen molar-refractivity contribution in [2.24, 2.45) is 22.7 Å². The molecule has 91 heavy (non-hydrogen) atoms. The van der Waals surface area contributed by atoms with Crippen molar-refractivity contribution in [1.82, 2.24) is 4.98 Å². The highest BCUT2D eigenvalue weighted by atomic mass is 32.2. The van der Waals surface area contributed by atoms with Gasteiger partial charge < -0.3 is 15.8 Å². The van der Waals surface area contributed by atoms with Crippen molar-refractivity contribution in [2.45, 2.75) is 190 Å². The lowest BCUT2D eigenvalue weighted by Crippen LogP contribution is -2.12. The van der Waals surface area contributed by atoms with Crippen molar-refractivity contribution in [3.8, 4) is 0 Å². The normalized spacial score (nSPS) is 13.1. The second-order valence-corrected chi connectivity index (χ2v) is 27.7. The summed E-state index contributed by atoms with van der Waals surface area (Å²) >= 11 is 0. The van der Waals surface area contributed by atoms with E-state index in [-0.39, 0.29) is 27.4 Å². The molecule has 3 aliphatic rings. The fraction of sp³-hybridized carbons (Fsp3) is 0.380. The van der Waals surface area contributed by atoms with Crippen LogP contribution in [0, 0.1) is 18.8 Å². The monoisotopic (exact) mass is 1260 g/mol. The number of aromatic carboxylic acids is 1. The highest BCUT2D eigenvalue weighted by Crippen LogP contribution is 2.29. The predicted molar refractivity (Wildman–Crippen MR) is 381 cm³/mol. The lowest BCUT2D eigenvalue weighted by atomic mass is 9.85. The predicted octanol–water partition coefficient (Wildman–Crippen LogP) is 18.6. The third kappa shape index (κ3) is 29.6. The summed E-state index contributed by atoms with van der Waals surface area (Å²) in [4.78, 5) is 57.4. The van der Waals surface area contributed by atoms with Gasteiger partial charge in [-0.1, -0.05) is 239 Å². The molecule has 0 radical (unpaired) electrons. The maximum Gasteiger partial charge on any atom is 0.335 e. The number of aryl methyl sites for hydroxylation is 2. The van der Waals surface area contributed by atoms with E-state index in [4.69, 9.17) is 16.0 Å². The minimum absolute atomic E-state index is 0.0220. The Kier molecular flexibility index (Phi) is 33.5. The van der Waals surface area contributed by atoms with Crippen LogP contribution < -0.4 is 16.4 Å². The second kappa shape index (κ2) is 38.6. The zero-order valence-electron chi connectivity index (χ0n) is 57.6. The van der Waals surface area contributed by atoms with Gasteiger partial charge in [0.25, 0.3) is 0 Å². The molecule has 11 nitrogen and oxygen atoms in total. The largest absolute Gasteiger partial charge is 0.478 e. The average Bonchev–Trinajstić information content (AvgIpc) is 2.58. The van der Waals surface area contributed by atoms with Crippen molar-refractivity contribution in [3.63, 3.8) is 0 Å². The van der Waals surface area contributed by atoms with Crippen LogP contribution in [0.15, 0.2) is 197 Å². The van der Waals surface area contributed by atoms with E-state index in [0.29, 0.717) is 77.7 Å². The van der Waals surface area contributed by atoms with E-state index < -0.39 is 16.0 Å². The number of carboxylic acid groups (broad SMARTS) is 1. The molecule has 0 spiro atoms. The Morgan fingerprint density at radius 3 is 1.49 bits per heavy atom. The summed E-state index contributed by atoms with van der Waals surface area (Å²) in [7, 11) is -3.56. The molecule has 6 aromatic rings. The number of aromatic nitrogens is 1. The highest BCUT2D eigenvalue weighted by Gasteiger charge is 2.23. The number of aromatic amines is 1. The molecule has 1 aromatic heterocycles. The molecule has 12 heteroatoms. The number of hydrogen-bond acceptors (Lipinski definition) is 8. The van der Waals surface area contributed by atoms with E-state index in [1.165, 1.54) is 39.5 Å². The molecule has 0 aliphatic heterocycles. The second-order valence-electron chi connectivity index (χ2n) is 26.1. The molecular formula is C79H105N3O8S. The number of fused-ring (bicyclic) bond motifs is 1. The van der Waals surface area contributed by atoms with E-state index in [1.54, 1.807) is 48.7 Å². The molecule has 0 saturated heterocycles. The Bertz CT molecular complexity index is 3590. The lowest BCUT2D eigenvalue weighted by molar-refractivity contribution is -0.115. The number of H-pyrrole nitrogens is 1. The molecule has 5 aromatic carbocycles. The van der Waals surface area contributed by atoms with Crippen LogP contribution in [0.1, 0.15) is 237 Å². The number of nitrogens with one attached hydrogen (secondary N) is 1. The third-order valence-corrected chi connectivity index (χ3v) is 15.9. The van der Waals surface area contributed by atoms with Crippen LogP contribution in [0.2, 0.25) is 0 Å². The average molecular weight is 1260 g/mol. The molecular weight excluding hydrogens is 1150 g/mol. The van der Waals surface area contributed by atoms with Crippen molar-refractivity contribution >= 4 is 39.0 Å². The SMILES string of the molecule is C=C(N)c1cccc(C(C)C)c1.CC(C)(C)c1ccc2c(c1)C(=O)CC2.CC(C)C1=CC=CCC1=O.CC(C)C1=CCC(=O)C=C1.CC(C)c1cc[nH]c(=O)c1.CC(C)c1cccc(C(=O)O)c1.CC(C)c1cccc(S(N)(=O)=O)c1.Cc1cccc(C(C)C)c1. The van der Waals surface area contributed by atoms with Crippen molar-refractivity contribution < 1.29 is 32.7 Å². The van der Waals surface area contributed by atoms with Crippen LogP contribution in [0.5, 0.6) is 0 Å². The first-order valence-corrected chi connectivity index (χ1v) is 33.2. The van der Waals surface area contributed by atoms with Gasteiger partial charge in [-0.3, -0.25) is 19.2 Å². The van der Waals surface area contributed by atoms with Crippen molar-refractivity contribution in [1.29, 1.82) is 0 Å². The zero-order chi connectivity index (χ0) is 68.9. The molecule has 0 fully saturated rings. The van der Waals surface area contributed by atoms with Gasteiger partial charge in [-0.15, -0.1) is 0 Å². The topological polar surface area (TPSA) is 208 Å². The number of primary sulfonamides is 1. The molecule has 490 valence electrons. The van der Waals surface area contributed by atoms with Crippen LogP contribution in [-0.2, 0) is 31.4 Å². The molecule has 0 atom stereocenters. The first-order valence-electron chi connectivity index (χ1n) is 31.7. The number of nitrogens with two attached hydrogens (primary N) is 2. The first kappa shape index (κ1) is 79.0. The van der Waals surface area contributed by atoms with E-state index in [9.17, 15) is 32.4 Å². The summed E-state index contributed by atoms with van der Waals surface area (Å²) in [6.07, 6.45) is 15.8. The number of carbonyl (C=O) groups excluding carboxylic acids is 3. The van der Waals surface area contributed by atoms with Gasteiger partial charge in [0.1, 0.15) is 0 Å². The molecule has 9 rings (SSSR count). The van der Waals surface area contributed by atoms with Gasteiger partial charge in [-0.2, -0.15) is 0 Å². The minimum Gasteiger partial charge on any atom is -0.478 e. The smallest absolute Gasteiger partial charge is 0.335 e. The summed E-state index contributed by atoms with van der Waals surface area (Å²) in [5.74, 6) is 3.17. The summed E-state index contributed by atoms with van der Waals surface area (Å²) in [6, 6.07) is 40.5. The number of Topliss-reactive ketones (excluding diaryl/α,β-unsaturated/α-hetero) is 2. The standard InChI is InChI=1S/C13H16O.C11H15N.C10H12O2.C10H14.C9H13NO2S.2C9H12O.C8H11NO/c1-13(2,3)10-6-4-9-5-7-12(14)11(9)8-10;1-8(2)10-5-4-6-11(7-10)9(3)12;1-7(2)8-4-3-5-9(6-8)10(11)12;1-8(2)10-6-4-5-9(3)7-10;1-7(2)8-4-3-5-9(6-8)13(10,11)12;1-7(2)8-3-5-9(10)6-4-8;1-7(2)8-5-3-4-6-9(8)10;1-6(2)7-3-4-9-8(10)5-7/h4,6,8H,5,7H2,1-3H3;4-8H,3,12H2,1-2H3;3-7H,1-2H3,(H,11,12);4-8H,1-3H3;3-7H,1-2H3,(H2,10,11,12);2*3-5,7H,6H2,1-2H3;3-6H,1-2H3,(H,9,10). The van der Waals surface area contributed by atoms with E-state index in [0.717, 1.165) is 39.8 Å². The maximum absolute atomic E-state index is 11.5. The van der Waals surface area contributed by atoms with Crippen LogP contribution in [0.25, 0.3) is 5.70 Å². The number of pyridine rings is 1. The number of hydrogen-bond donors (Lipinski definition) is 4. The number of carbonyl (C=O) groups is 4. The molecule has 0 amide bonds. The Balaban J connectivity index is 0.000000355. The minimum atomic E-state index is -3.56. The van der Waals surface area contributed by atoms with E-state index in [2.05, 4.69) is 149 Å². The summed E-state index contributed by atoms with van der Waals surface area (Å²) in [5, 5.41) is 13.7. The molecule has 3 aliphatic carbocycles. The number of carboxylic acids is 1. The van der Waals surface area contributed by atoms with Gasteiger partial charge in [0.05, 0.1) is 10.5 Å². The van der Waals surface area contributed by atoms with E-state index in [1.807, 2.05) is 102 Å². The van der Waals surface area contributed by atoms with Crippen LogP contribution in [-0.4, -0.2) is 41.8 Å². The highest BCUT2D eigenvalue weighted by molar-refractivity contribution is 7.89. The summed E-state index contributed by atoms with van der Waals surface area (Å²) in [6.45, 7) is 41.7. The molecule has 6 N–H and O–H groups in total. The maximum atomic E-state index is 11.5. The Labute approximate surface area is 546 Å². The van der Waals surface area contributed by atoms with Gasteiger partial charge in [-0.05, 0) is 164 Å². The lowest BCUT2D eigenvalue weighted by Gasteiger charge is -2.19. The Morgan fingerprint density at radius 1 is 0.571 bits per heavy atom. The molecule has 0 bridgehead atoms. The van der Waals surface area contributed by atoms with Gasteiger partial charge >= 0.3 is 5.97 Å².